The first-order chi connectivity index (χ1) is 20.4. The van der Waals surface area contributed by atoms with Crippen LogP contribution < -0.4 is 0 Å². The van der Waals surface area contributed by atoms with E-state index >= 15 is 0 Å². The van der Waals surface area contributed by atoms with E-state index in [9.17, 15) is 19.2 Å². The van der Waals surface area contributed by atoms with Crippen LogP contribution in [0.4, 0.5) is 0 Å². The predicted molar refractivity (Wildman–Crippen MR) is 150 cm³/mol. The highest BCUT2D eigenvalue weighted by atomic mass is 16.6. The third-order valence-corrected chi connectivity index (χ3v) is 5.20. The smallest absolute Gasteiger partial charge is 0.339 e. The van der Waals surface area contributed by atoms with Gasteiger partial charge in [0.15, 0.2) is 0 Å². The Labute approximate surface area is 242 Å². The third-order valence-electron chi connectivity index (χ3n) is 5.20. The lowest BCUT2D eigenvalue weighted by Crippen LogP contribution is -2.18. The van der Waals surface area contributed by atoms with Crippen molar-refractivity contribution in [2.45, 2.75) is 0 Å². The minimum absolute atomic E-state index is 0.0381. The third kappa shape index (κ3) is 10.0. The van der Waals surface area contributed by atoms with Gasteiger partial charge in [0.2, 0.25) is 0 Å². The first-order valence-electron chi connectivity index (χ1n) is 12.6. The fraction of sp³-hybridized carbons (Fsp3) is 0.267. The van der Waals surface area contributed by atoms with E-state index in [1.54, 1.807) is 0 Å². The fourth-order valence-corrected chi connectivity index (χ4v) is 3.40. The Morgan fingerprint density at radius 1 is 0.429 bits per heavy atom. The van der Waals surface area contributed by atoms with Gasteiger partial charge in [0, 0.05) is 0 Å². The molecule has 0 aliphatic carbocycles. The van der Waals surface area contributed by atoms with Crippen molar-refractivity contribution in [1.82, 2.24) is 0 Å². The molecule has 0 saturated heterocycles. The van der Waals surface area contributed by atoms with Gasteiger partial charge in [-0.05, 0) is 35.0 Å². The van der Waals surface area contributed by atoms with E-state index < -0.39 is 23.9 Å². The zero-order valence-corrected chi connectivity index (χ0v) is 23.0. The maximum Gasteiger partial charge on any atom is 0.339 e. The summed E-state index contributed by atoms with van der Waals surface area (Å²) >= 11 is 0. The minimum atomic E-state index is -0.852. The zero-order chi connectivity index (χ0) is 30.7. The van der Waals surface area contributed by atoms with Gasteiger partial charge in [-0.3, -0.25) is 0 Å². The van der Waals surface area contributed by atoms with E-state index in [0.717, 1.165) is 0 Å². The van der Waals surface area contributed by atoms with Gasteiger partial charge in [-0.25, -0.2) is 19.2 Å². The molecule has 0 fully saturated rings. The Morgan fingerprint density at radius 2 is 0.643 bits per heavy atom. The SMILES string of the molecule is C=COCCOC(=O)c1cc2cc(C(=O)OCCOC=C)c(C(=O)OCCOC=C)cc2cc1C(=O)OCCOC=C. The zero-order valence-electron chi connectivity index (χ0n) is 23.0. The molecule has 2 aromatic carbocycles. The molecular weight excluding hydrogens is 552 g/mol. The Hall–Kier alpha value is -5.26. The molecule has 12 heteroatoms. The van der Waals surface area contributed by atoms with E-state index in [-0.39, 0.29) is 75.1 Å². The molecule has 0 radical (unpaired) electrons. The molecule has 0 heterocycles. The van der Waals surface area contributed by atoms with Gasteiger partial charge >= 0.3 is 23.9 Å². The predicted octanol–water partition coefficient (Wildman–Crippen LogP) is 4.11. The standard InChI is InChI=1S/C30H32O12/c1-5-35-9-13-39-27(31)23-17-21-19-25(29(33)41-15-11-37-7-3)26(30(34)42-16-12-38-8-4)20-22(21)18-24(23)28(32)40-14-10-36-6-2/h5-8,17-20H,1-4,9-16H2. The summed E-state index contributed by atoms with van der Waals surface area (Å²) in [6.07, 6.45) is 4.77. The molecule has 2 rings (SSSR count). The van der Waals surface area contributed by atoms with Crippen molar-refractivity contribution in [3.63, 3.8) is 0 Å². The molecular formula is C30H32O12. The molecule has 0 N–H and O–H groups in total. The summed E-state index contributed by atoms with van der Waals surface area (Å²) in [7, 11) is 0. The minimum Gasteiger partial charge on any atom is -0.498 e. The van der Waals surface area contributed by atoms with Crippen molar-refractivity contribution in [3.05, 3.63) is 97.9 Å². The van der Waals surface area contributed by atoms with Crippen molar-refractivity contribution in [2.24, 2.45) is 0 Å². The fourth-order valence-electron chi connectivity index (χ4n) is 3.40. The largest absolute Gasteiger partial charge is 0.498 e. The molecule has 0 atom stereocenters. The van der Waals surface area contributed by atoms with Gasteiger partial charge in [-0.15, -0.1) is 0 Å². The van der Waals surface area contributed by atoms with Crippen LogP contribution in [0.1, 0.15) is 41.4 Å². The van der Waals surface area contributed by atoms with Crippen LogP contribution in [-0.2, 0) is 37.9 Å². The number of benzene rings is 2. The van der Waals surface area contributed by atoms with Gasteiger partial charge in [-0.1, -0.05) is 26.3 Å². The van der Waals surface area contributed by atoms with Crippen LogP contribution in [0.3, 0.4) is 0 Å². The average Bonchev–Trinajstić information content (AvgIpc) is 3.00. The van der Waals surface area contributed by atoms with Crippen LogP contribution >= 0.6 is 0 Å². The highest BCUT2D eigenvalue weighted by molar-refractivity contribution is 6.11. The second-order valence-corrected chi connectivity index (χ2v) is 7.84. The number of carbonyl (C=O) groups is 4. The monoisotopic (exact) mass is 584 g/mol. The topological polar surface area (TPSA) is 142 Å². The summed E-state index contributed by atoms with van der Waals surface area (Å²) in [6.45, 7) is 13.3. The maximum absolute atomic E-state index is 13.0. The average molecular weight is 585 g/mol. The molecule has 0 aliphatic heterocycles. The molecule has 0 amide bonds. The molecule has 0 unspecified atom stereocenters. The Kier molecular flexibility index (Phi) is 14.2. The molecule has 2 aromatic rings. The van der Waals surface area contributed by atoms with Crippen molar-refractivity contribution < 1.29 is 57.1 Å². The summed E-state index contributed by atoms with van der Waals surface area (Å²) in [6, 6.07) is 5.36. The van der Waals surface area contributed by atoms with Crippen LogP contribution in [0.5, 0.6) is 0 Å². The van der Waals surface area contributed by atoms with E-state index in [1.165, 1.54) is 49.3 Å². The Balaban J connectivity index is 2.56. The molecule has 42 heavy (non-hydrogen) atoms. The summed E-state index contributed by atoms with van der Waals surface area (Å²) in [5.41, 5.74) is -0.588. The quantitative estimate of drug-likeness (QED) is 0.0957. The second kappa shape index (κ2) is 18.2. The van der Waals surface area contributed by atoms with Gasteiger partial charge < -0.3 is 37.9 Å². The first-order valence-corrected chi connectivity index (χ1v) is 12.6. The summed E-state index contributed by atoms with van der Waals surface area (Å²) < 4.78 is 40.8. The van der Waals surface area contributed by atoms with Gasteiger partial charge in [-0.2, -0.15) is 0 Å². The normalized spacial score (nSPS) is 10.0. The van der Waals surface area contributed by atoms with Crippen LogP contribution in [0.2, 0.25) is 0 Å². The summed E-state index contributed by atoms with van der Waals surface area (Å²) in [5, 5.41) is 0.633. The summed E-state index contributed by atoms with van der Waals surface area (Å²) in [5.74, 6) is -3.41. The molecule has 0 saturated carbocycles. The molecule has 0 bridgehead atoms. The lowest BCUT2D eigenvalue weighted by Gasteiger charge is -2.14. The van der Waals surface area contributed by atoms with E-state index in [2.05, 4.69) is 26.3 Å². The lowest BCUT2D eigenvalue weighted by molar-refractivity contribution is 0.0376. The number of rotatable bonds is 20. The lowest BCUT2D eigenvalue weighted by atomic mass is 9.96. The van der Waals surface area contributed by atoms with Crippen LogP contribution in [0, 0.1) is 0 Å². The van der Waals surface area contributed by atoms with Crippen LogP contribution in [-0.4, -0.2) is 76.7 Å². The highest BCUT2D eigenvalue weighted by Crippen LogP contribution is 2.27. The van der Waals surface area contributed by atoms with Crippen molar-refractivity contribution in [3.8, 4) is 0 Å². The van der Waals surface area contributed by atoms with Crippen molar-refractivity contribution in [2.75, 3.05) is 52.9 Å². The van der Waals surface area contributed by atoms with Gasteiger partial charge in [0.05, 0.1) is 47.3 Å². The van der Waals surface area contributed by atoms with Gasteiger partial charge in [0.1, 0.15) is 52.9 Å². The number of esters is 4. The molecule has 12 nitrogen and oxygen atoms in total. The number of carbonyl (C=O) groups excluding carboxylic acids is 4. The highest BCUT2D eigenvalue weighted by Gasteiger charge is 2.25. The number of hydrogen-bond donors (Lipinski definition) is 0. The van der Waals surface area contributed by atoms with E-state index in [4.69, 9.17) is 37.9 Å². The maximum atomic E-state index is 13.0. The molecule has 0 aliphatic rings. The number of ether oxygens (including phenoxy) is 8. The Bertz CT molecular complexity index is 1100. The molecule has 0 aromatic heterocycles. The van der Waals surface area contributed by atoms with Crippen molar-refractivity contribution >= 4 is 34.6 Å². The van der Waals surface area contributed by atoms with Crippen molar-refractivity contribution in [1.29, 1.82) is 0 Å². The van der Waals surface area contributed by atoms with Crippen LogP contribution in [0.25, 0.3) is 10.8 Å². The van der Waals surface area contributed by atoms with E-state index in [1.807, 2.05) is 0 Å². The Morgan fingerprint density at radius 3 is 0.833 bits per heavy atom. The van der Waals surface area contributed by atoms with Gasteiger partial charge in [0.25, 0.3) is 0 Å². The molecule has 0 spiro atoms. The first kappa shape index (κ1) is 32.9. The number of fused-ring (bicyclic) bond motifs is 1. The van der Waals surface area contributed by atoms with E-state index in [0.29, 0.717) is 10.8 Å². The summed E-state index contributed by atoms with van der Waals surface area (Å²) in [4.78, 5) is 51.9. The van der Waals surface area contributed by atoms with Crippen LogP contribution in [0.15, 0.2) is 75.6 Å². The molecule has 224 valence electrons. The number of hydrogen-bond acceptors (Lipinski definition) is 12. The second-order valence-electron chi connectivity index (χ2n) is 7.84.